The van der Waals surface area contributed by atoms with Gasteiger partial charge in [0.25, 0.3) is 0 Å². The van der Waals surface area contributed by atoms with Crippen LogP contribution in [0.4, 0.5) is 11.5 Å². The van der Waals surface area contributed by atoms with E-state index in [0.717, 1.165) is 45.8 Å². The van der Waals surface area contributed by atoms with E-state index in [-0.39, 0.29) is 10.8 Å². The first-order valence-corrected chi connectivity index (χ1v) is 14.3. The van der Waals surface area contributed by atoms with Crippen LogP contribution in [0.5, 0.6) is 0 Å². The molecule has 1 aliphatic rings. The van der Waals surface area contributed by atoms with Gasteiger partial charge in [0, 0.05) is 40.5 Å². The van der Waals surface area contributed by atoms with Gasteiger partial charge in [-0.25, -0.2) is 4.98 Å². The predicted molar refractivity (Wildman–Crippen MR) is 164 cm³/mol. The summed E-state index contributed by atoms with van der Waals surface area (Å²) in [6.07, 6.45) is 2.88. The molecule has 6 rings (SSSR count). The average molecular weight is 531 g/mol. The fourth-order valence-electron chi connectivity index (χ4n) is 6.38. The molecule has 2 unspecified atom stereocenters. The zero-order chi connectivity index (χ0) is 27.9. The summed E-state index contributed by atoms with van der Waals surface area (Å²) >= 11 is 0. The Morgan fingerprint density at radius 2 is 1.68 bits per heavy atom. The summed E-state index contributed by atoms with van der Waals surface area (Å²) in [5.74, 6) is 1.23. The van der Waals surface area contributed by atoms with E-state index in [1.807, 2.05) is 30.5 Å². The van der Waals surface area contributed by atoms with Crippen LogP contribution in [0.3, 0.4) is 0 Å². The van der Waals surface area contributed by atoms with Crippen LogP contribution in [0.25, 0.3) is 22.2 Å². The van der Waals surface area contributed by atoms with E-state index in [1.54, 1.807) is 0 Å². The van der Waals surface area contributed by atoms with E-state index in [0.29, 0.717) is 19.1 Å². The van der Waals surface area contributed by atoms with Gasteiger partial charge in [0.05, 0.1) is 12.4 Å². The van der Waals surface area contributed by atoms with E-state index in [9.17, 15) is 0 Å². The van der Waals surface area contributed by atoms with Crippen LogP contribution in [0.15, 0.2) is 85.1 Å². The maximum absolute atomic E-state index is 5.37. The zero-order valence-corrected chi connectivity index (χ0v) is 24.1. The average Bonchev–Trinajstić information content (AvgIpc) is 3.49. The third-order valence-electron chi connectivity index (χ3n) is 9.60. The summed E-state index contributed by atoms with van der Waals surface area (Å²) in [6, 6.07) is 27.1. The lowest BCUT2D eigenvalue weighted by Crippen LogP contribution is -2.37. The van der Waals surface area contributed by atoms with Crippen LogP contribution >= 0.6 is 0 Å². The molecule has 0 saturated heterocycles. The van der Waals surface area contributed by atoms with Crippen molar-refractivity contribution in [3.05, 3.63) is 102 Å². The van der Waals surface area contributed by atoms with Crippen LogP contribution < -0.4 is 10.2 Å². The SMILES string of the molecule is CCC1(C)c2[nH]nc(-c3nc(N(CNCc4ccccn4)c4ccccc4)cc4ccccc34)c2C(C)C1(C)C. The number of aromatic nitrogens is 4. The Balaban J connectivity index is 1.47. The van der Waals surface area contributed by atoms with Crippen LogP contribution in [0.1, 0.15) is 63.9 Å². The van der Waals surface area contributed by atoms with Crippen molar-refractivity contribution in [3.63, 3.8) is 0 Å². The Morgan fingerprint density at radius 3 is 2.42 bits per heavy atom. The third-order valence-corrected chi connectivity index (χ3v) is 9.60. The maximum atomic E-state index is 5.37. The second-order valence-corrected chi connectivity index (χ2v) is 11.7. The molecule has 1 aliphatic carbocycles. The number of H-pyrrole nitrogens is 1. The molecular weight excluding hydrogens is 492 g/mol. The second-order valence-electron chi connectivity index (χ2n) is 11.7. The summed E-state index contributed by atoms with van der Waals surface area (Å²) in [5, 5.41) is 14.3. The van der Waals surface area contributed by atoms with Gasteiger partial charge in [-0.1, -0.05) is 83.1 Å². The van der Waals surface area contributed by atoms with Crippen LogP contribution in [-0.4, -0.2) is 26.8 Å². The summed E-state index contributed by atoms with van der Waals surface area (Å²) in [4.78, 5) is 12.1. The first kappa shape index (κ1) is 26.2. The number of aromatic amines is 1. The Bertz CT molecular complexity index is 1620. The predicted octanol–water partition coefficient (Wildman–Crippen LogP) is 7.72. The summed E-state index contributed by atoms with van der Waals surface area (Å²) in [5.41, 5.74) is 6.67. The zero-order valence-electron chi connectivity index (χ0n) is 24.1. The first-order chi connectivity index (χ1) is 19.3. The number of benzene rings is 2. The van der Waals surface area contributed by atoms with Crippen molar-refractivity contribution in [1.29, 1.82) is 0 Å². The fraction of sp³-hybridized carbons (Fsp3) is 0.324. The third kappa shape index (κ3) is 4.18. The molecule has 3 heterocycles. The molecule has 0 aliphatic heterocycles. The summed E-state index contributed by atoms with van der Waals surface area (Å²) in [7, 11) is 0. The van der Waals surface area contributed by atoms with Crippen molar-refractivity contribution in [1.82, 2.24) is 25.5 Å². The number of pyridine rings is 2. The number of nitrogens with one attached hydrogen (secondary N) is 2. The van der Waals surface area contributed by atoms with Gasteiger partial charge in [-0.3, -0.25) is 15.4 Å². The van der Waals surface area contributed by atoms with Crippen LogP contribution in [0.2, 0.25) is 0 Å². The molecule has 0 amide bonds. The summed E-state index contributed by atoms with van der Waals surface area (Å²) in [6.45, 7) is 13.1. The van der Waals surface area contributed by atoms with E-state index in [4.69, 9.17) is 10.1 Å². The molecule has 0 saturated carbocycles. The molecule has 0 fully saturated rings. The second kappa shape index (κ2) is 10.2. The highest BCUT2D eigenvalue weighted by Crippen LogP contribution is 2.61. The molecular formula is C34H38N6. The van der Waals surface area contributed by atoms with Crippen LogP contribution in [0, 0.1) is 5.41 Å². The van der Waals surface area contributed by atoms with Crippen molar-refractivity contribution < 1.29 is 0 Å². The number of nitrogens with zero attached hydrogens (tertiary/aromatic N) is 4. The standard InChI is InChI=1S/C34H38N6/c1-6-34(5)32-29(23(2)33(34,3)4)31(38-39-32)30-27-18-11-10-14-24(27)20-28(37-30)40(26-16-8-7-9-17-26)22-35-21-25-15-12-13-19-36-25/h7-20,23,35H,6,21-22H2,1-5H3,(H,38,39). The first-order valence-electron chi connectivity index (χ1n) is 14.3. The number of fused-ring (bicyclic) bond motifs is 2. The van der Waals surface area contributed by atoms with Crippen LogP contribution in [-0.2, 0) is 12.0 Å². The molecule has 2 N–H and O–H groups in total. The van der Waals surface area contributed by atoms with Gasteiger partial charge in [-0.05, 0) is 53.5 Å². The van der Waals surface area contributed by atoms with Gasteiger partial charge in [-0.2, -0.15) is 5.10 Å². The minimum Gasteiger partial charge on any atom is -0.313 e. The Morgan fingerprint density at radius 1 is 0.925 bits per heavy atom. The van der Waals surface area contributed by atoms with Crippen molar-refractivity contribution in [2.75, 3.05) is 11.6 Å². The number of para-hydroxylation sites is 1. The molecule has 6 heteroatoms. The lowest BCUT2D eigenvalue weighted by atomic mass is 9.63. The van der Waals surface area contributed by atoms with Crippen molar-refractivity contribution in [3.8, 4) is 11.4 Å². The van der Waals surface area contributed by atoms with Gasteiger partial charge in [-0.15, -0.1) is 0 Å². The molecule has 3 aromatic heterocycles. The molecule has 40 heavy (non-hydrogen) atoms. The Hall–Kier alpha value is -4.03. The lowest BCUT2D eigenvalue weighted by molar-refractivity contribution is 0.162. The van der Waals surface area contributed by atoms with E-state index >= 15 is 0 Å². The molecule has 5 aromatic rings. The molecule has 2 atom stereocenters. The largest absolute Gasteiger partial charge is 0.313 e. The van der Waals surface area contributed by atoms with E-state index in [1.165, 1.54) is 11.3 Å². The highest BCUT2D eigenvalue weighted by molar-refractivity contribution is 5.97. The maximum Gasteiger partial charge on any atom is 0.135 e. The summed E-state index contributed by atoms with van der Waals surface area (Å²) < 4.78 is 0. The molecule has 0 radical (unpaired) electrons. The highest BCUT2D eigenvalue weighted by atomic mass is 15.3. The number of anilines is 2. The smallest absolute Gasteiger partial charge is 0.135 e. The Labute approximate surface area is 236 Å². The van der Waals surface area contributed by atoms with Crippen molar-refractivity contribution >= 4 is 22.3 Å². The molecule has 6 nitrogen and oxygen atoms in total. The molecule has 204 valence electrons. The van der Waals surface area contributed by atoms with Gasteiger partial charge in [0.1, 0.15) is 17.2 Å². The van der Waals surface area contributed by atoms with Gasteiger partial charge in [0.15, 0.2) is 0 Å². The molecule has 2 aromatic carbocycles. The van der Waals surface area contributed by atoms with E-state index in [2.05, 4.69) is 110 Å². The fourth-order valence-corrected chi connectivity index (χ4v) is 6.38. The minimum atomic E-state index is 0.0197. The van der Waals surface area contributed by atoms with E-state index < -0.39 is 0 Å². The number of hydrogen-bond donors (Lipinski definition) is 2. The van der Waals surface area contributed by atoms with Crippen molar-refractivity contribution in [2.45, 2.75) is 58.9 Å². The minimum absolute atomic E-state index is 0.0197. The quantitative estimate of drug-likeness (QED) is 0.201. The van der Waals surface area contributed by atoms with Gasteiger partial charge < -0.3 is 4.90 Å². The van der Waals surface area contributed by atoms with Gasteiger partial charge >= 0.3 is 0 Å². The van der Waals surface area contributed by atoms with Gasteiger partial charge in [0.2, 0.25) is 0 Å². The van der Waals surface area contributed by atoms with Crippen molar-refractivity contribution in [2.24, 2.45) is 5.41 Å². The molecule has 0 bridgehead atoms. The molecule has 0 spiro atoms. The number of hydrogen-bond acceptors (Lipinski definition) is 5. The number of rotatable bonds is 8. The lowest BCUT2D eigenvalue weighted by Gasteiger charge is -2.40. The highest BCUT2D eigenvalue weighted by Gasteiger charge is 2.54. The Kier molecular flexibility index (Phi) is 6.67. The topological polar surface area (TPSA) is 69.7 Å². The monoisotopic (exact) mass is 530 g/mol. The normalized spacial score (nSPS) is 19.6.